The molecule has 94 valence electrons. The van der Waals surface area contributed by atoms with Crippen LogP contribution in [0.3, 0.4) is 0 Å². The lowest BCUT2D eigenvalue weighted by Gasteiger charge is -2.20. The maximum Gasteiger partial charge on any atom is 0.0976 e. The molecule has 3 N–H and O–H groups in total. The Labute approximate surface area is 111 Å². The Morgan fingerprint density at radius 1 is 1.28 bits per heavy atom. The first-order valence-corrected chi connectivity index (χ1v) is 7.23. The van der Waals surface area contributed by atoms with E-state index in [9.17, 15) is 0 Å². The van der Waals surface area contributed by atoms with Gasteiger partial charge in [0, 0.05) is 29.1 Å². The van der Waals surface area contributed by atoms with Gasteiger partial charge in [-0.2, -0.15) is 0 Å². The van der Waals surface area contributed by atoms with Crippen LogP contribution in [0.5, 0.6) is 0 Å². The highest BCUT2D eigenvalue weighted by molar-refractivity contribution is 7.10. The molecule has 1 saturated heterocycles. The van der Waals surface area contributed by atoms with Crippen LogP contribution in [0.15, 0.2) is 29.6 Å². The lowest BCUT2D eigenvalue weighted by atomic mass is 10.0. The van der Waals surface area contributed by atoms with E-state index in [-0.39, 0.29) is 0 Å². The molecular formula is C14H17N3S. The number of anilines is 1. The van der Waals surface area contributed by atoms with Crippen LogP contribution in [0.25, 0.3) is 11.3 Å². The highest BCUT2D eigenvalue weighted by atomic mass is 32.1. The molecule has 0 bridgehead atoms. The van der Waals surface area contributed by atoms with Gasteiger partial charge < -0.3 is 11.1 Å². The molecule has 0 aliphatic carbocycles. The number of nitrogens with one attached hydrogen (secondary N) is 1. The highest BCUT2D eigenvalue weighted by Crippen LogP contribution is 2.30. The smallest absolute Gasteiger partial charge is 0.0976 e. The van der Waals surface area contributed by atoms with Crippen molar-refractivity contribution in [2.45, 2.75) is 18.8 Å². The molecule has 3 rings (SSSR count). The van der Waals surface area contributed by atoms with Gasteiger partial charge in [-0.1, -0.05) is 12.1 Å². The van der Waals surface area contributed by atoms with Gasteiger partial charge in [-0.15, -0.1) is 11.3 Å². The largest absolute Gasteiger partial charge is 0.399 e. The molecule has 1 fully saturated rings. The minimum atomic E-state index is 0.589. The summed E-state index contributed by atoms with van der Waals surface area (Å²) >= 11 is 1.77. The Morgan fingerprint density at radius 3 is 2.83 bits per heavy atom. The molecule has 2 aromatic rings. The molecule has 1 aromatic carbocycles. The molecule has 0 saturated carbocycles. The predicted octanol–water partition coefficient (Wildman–Crippen LogP) is 2.86. The summed E-state index contributed by atoms with van der Waals surface area (Å²) in [6, 6.07) is 7.92. The van der Waals surface area contributed by atoms with Gasteiger partial charge >= 0.3 is 0 Å². The van der Waals surface area contributed by atoms with Crippen molar-refractivity contribution in [3.8, 4) is 11.3 Å². The molecule has 0 spiro atoms. The van der Waals surface area contributed by atoms with Gasteiger partial charge in [0.25, 0.3) is 0 Å². The van der Waals surface area contributed by atoms with Crippen LogP contribution in [0.1, 0.15) is 23.8 Å². The van der Waals surface area contributed by atoms with Crippen molar-refractivity contribution in [2.75, 3.05) is 18.8 Å². The topological polar surface area (TPSA) is 50.9 Å². The number of nitrogens with two attached hydrogens (primary N) is 1. The average Bonchev–Trinajstić information content (AvgIpc) is 2.90. The van der Waals surface area contributed by atoms with E-state index >= 15 is 0 Å². The molecule has 4 heteroatoms. The van der Waals surface area contributed by atoms with Gasteiger partial charge in [-0.25, -0.2) is 4.98 Å². The monoisotopic (exact) mass is 259 g/mol. The zero-order valence-electron chi connectivity index (χ0n) is 10.2. The van der Waals surface area contributed by atoms with E-state index in [1.165, 1.54) is 17.8 Å². The van der Waals surface area contributed by atoms with E-state index in [0.717, 1.165) is 30.0 Å². The standard InChI is InChI=1S/C14H17N3S/c15-12-5-3-10(4-6-12)13-9-18-14(17-13)11-2-1-7-16-8-11/h3-6,9,11,16H,1-2,7-8,15H2. The third-order valence-electron chi connectivity index (χ3n) is 3.37. The SMILES string of the molecule is Nc1ccc(-c2csc(C3CCCNC3)n2)cc1. The second-order valence-electron chi connectivity index (χ2n) is 4.74. The number of aromatic nitrogens is 1. The Bertz CT molecular complexity index is 512. The summed E-state index contributed by atoms with van der Waals surface area (Å²) in [6.45, 7) is 2.21. The Morgan fingerprint density at radius 2 is 2.11 bits per heavy atom. The maximum atomic E-state index is 5.70. The number of benzene rings is 1. The first-order valence-electron chi connectivity index (χ1n) is 6.35. The van der Waals surface area contributed by atoms with Gasteiger partial charge in [-0.05, 0) is 31.5 Å². The van der Waals surface area contributed by atoms with Gasteiger partial charge in [0.2, 0.25) is 0 Å². The third kappa shape index (κ3) is 2.40. The quantitative estimate of drug-likeness (QED) is 0.815. The minimum Gasteiger partial charge on any atom is -0.399 e. The molecule has 1 aliphatic rings. The molecule has 1 atom stereocenters. The van der Waals surface area contributed by atoms with E-state index in [1.54, 1.807) is 11.3 Å². The van der Waals surface area contributed by atoms with Gasteiger partial charge in [-0.3, -0.25) is 0 Å². The fraction of sp³-hybridized carbons (Fsp3) is 0.357. The van der Waals surface area contributed by atoms with Crippen molar-refractivity contribution in [3.63, 3.8) is 0 Å². The molecule has 0 amide bonds. The van der Waals surface area contributed by atoms with Crippen LogP contribution in [0.2, 0.25) is 0 Å². The fourth-order valence-electron chi connectivity index (χ4n) is 2.32. The van der Waals surface area contributed by atoms with Crippen LogP contribution >= 0.6 is 11.3 Å². The van der Waals surface area contributed by atoms with Crippen LogP contribution in [0.4, 0.5) is 5.69 Å². The van der Waals surface area contributed by atoms with E-state index in [4.69, 9.17) is 10.7 Å². The fourth-order valence-corrected chi connectivity index (χ4v) is 3.29. The molecule has 0 radical (unpaired) electrons. The van der Waals surface area contributed by atoms with Crippen LogP contribution < -0.4 is 11.1 Å². The van der Waals surface area contributed by atoms with E-state index in [0.29, 0.717) is 5.92 Å². The number of hydrogen-bond acceptors (Lipinski definition) is 4. The zero-order chi connectivity index (χ0) is 12.4. The predicted molar refractivity (Wildman–Crippen MR) is 76.8 cm³/mol. The minimum absolute atomic E-state index is 0.589. The Kier molecular flexibility index (Phi) is 3.30. The average molecular weight is 259 g/mol. The molecule has 1 unspecified atom stereocenters. The third-order valence-corrected chi connectivity index (χ3v) is 4.38. The van der Waals surface area contributed by atoms with Gasteiger partial charge in [0.05, 0.1) is 10.7 Å². The maximum absolute atomic E-state index is 5.70. The summed E-state index contributed by atoms with van der Waals surface area (Å²) in [5, 5.41) is 6.85. The zero-order valence-corrected chi connectivity index (χ0v) is 11.0. The van der Waals surface area contributed by atoms with Gasteiger partial charge in [0.15, 0.2) is 0 Å². The number of rotatable bonds is 2. The molecule has 18 heavy (non-hydrogen) atoms. The first-order chi connectivity index (χ1) is 8.83. The number of thiazole rings is 1. The second-order valence-corrected chi connectivity index (χ2v) is 5.63. The van der Waals surface area contributed by atoms with Crippen molar-refractivity contribution in [1.29, 1.82) is 0 Å². The first kappa shape index (κ1) is 11.7. The van der Waals surface area contributed by atoms with Crippen LogP contribution in [0, 0.1) is 0 Å². The summed E-state index contributed by atoms with van der Waals surface area (Å²) in [6.07, 6.45) is 2.50. The highest BCUT2D eigenvalue weighted by Gasteiger charge is 2.18. The molecule has 3 nitrogen and oxygen atoms in total. The number of nitrogens with zero attached hydrogens (tertiary/aromatic N) is 1. The lowest BCUT2D eigenvalue weighted by molar-refractivity contribution is 0.460. The van der Waals surface area contributed by atoms with E-state index in [1.807, 2.05) is 24.3 Å². The van der Waals surface area contributed by atoms with Crippen molar-refractivity contribution >= 4 is 17.0 Å². The van der Waals surface area contributed by atoms with E-state index < -0.39 is 0 Å². The molecule has 1 aromatic heterocycles. The summed E-state index contributed by atoms with van der Waals surface area (Å²) in [7, 11) is 0. The normalized spacial score (nSPS) is 19.9. The number of nitrogen functional groups attached to an aromatic ring is 1. The second kappa shape index (κ2) is 5.08. The van der Waals surface area contributed by atoms with Crippen molar-refractivity contribution in [2.24, 2.45) is 0 Å². The van der Waals surface area contributed by atoms with Crippen molar-refractivity contribution < 1.29 is 0 Å². The van der Waals surface area contributed by atoms with E-state index in [2.05, 4.69) is 10.7 Å². The van der Waals surface area contributed by atoms with Crippen molar-refractivity contribution in [3.05, 3.63) is 34.7 Å². The summed E-state index contributed by atoms with van der Waals surface area (Å²) in [4.78, 5) is 4.77. The van der Waals surface area contributed by atoms with Gasteiger partial charge in [0.1, 0.15) is 0 Å². The molecular weight excluding hydrogens is 242 g/mol. The lowest BCUT2D eigenvalue weighted by Crippen LogP contribution is -2.28. The Hall–Kier alpha value is -1.39. The number of piperidine rings is 1. The summed E-state index contributed by atoms with van der Waals surface area (Å²) < 4.78 is 0. The molecule has 1 aliphatic heterocycles. The van der Waals surface area contributed by atoms with Crippen LogP contribution in [-0.2, 0) is 0 Å². The summed E-state index contributed by atoms with van der Waals surface area (Å²) in [5.41, 5.74) is 8.72. The number of hydrogen-bond donors (Lipinski definition) is 2. The summed E-state index contributed by atoms with van der Waals surface area (Å²) in [5.74, 6) is 0.589. The molecule has 2 heterocycles. The van der Waals surface area contributed by atoms with Crippen LogP contribution in [-0.4, -0.2) is 18.1 Å². The Balaban J connectivity index is 1.82. The van der Waals surface area contributed by atoms with Crippen molar-refractivity contribution in [1.82, 2.24) is 10.3 Å².